The molecule has 0 aromatic carbocycles. The topological polar surface area (TPSA) is 18.5 Å². The van der Waals surface area contributed by atoms with Crippen LogP contribution in [-0.2, 0) is 29.9 Å². The van der Waals surface area contributed by atoms with Gasteiger partial charge >= 0.3 is 115 Å². The summed E-state index contributed by atoms with van der Waals surface area (Å²) < 4.78 is 13.3. The van der Waals surface area contributed by atoms with E-state index >= 15 is 0 Å². The zero-order valence-electron chi connectivity index (χ0n) is 11.1. The summed E-state index contributed by atoms with van der Waals surface area (Å²) in [5, 5.41) is 0. The molecule has 0 amide bonds. The Morgan fingerprint density at radius 2 is 2.05 bits per heavy atom. The quantitative estimate of drug-likeness (QED) is 0.413. The van der Waals surface area contributed by atoms with E-state index in [2.05, 4.69) is 51.7 Å². The number of hydrogen-bond acceptors (Lipinski definition) is 2. The van der Waals surface area contributed by atoms with Crippen molar-refractivity contribution >= 4 is 0 Å². The van der Waals surface area contributed by atoms with Crippen molar-refractivity contribution in [3.8, 4) is 0 Å². The normalized spacial score (nSPS) is 24.7. The fraction of sp³-hybridized carbons (Fsp3) is 0.429. The standard InChI is InChI=1S/C14H17O2.2ClH.Ti/c1-3-15-14(11-7-6-8-12(14)2)16-13-9-4-5-10-13;;;/h4,6-9H,3,5,11H2,1-2H3;2*1H;/q;;;+2/p-2. The third kappa shape index (κ3) is 4.24. The van der Waals surface area contributed by atoms with Gasteiger partial charge in [-0.3, -0.25) is 0 Å². The maximum atomic E-state index is 6.16. The monoisotopic (exact) mass is 335 g/mol. The number of ether oxygens (including phenoxy) is 2. The molecule has 0 saturated heterocycles. The van der Waals surface area contributed by atoms with Gasteiger partial charge in [-0.2, -0.15) is 0 Å². The zero-order valence-corrected chi connectivity index (χ0v) is 14.2. The van der Waals surface area contributed by atoms with Crippen LogP contribution in [0, 0.1) is 0 Å². The molecule has 2 rings (SSSR count). The molecule has 0 fully saturated rings. The Balaban J connectivity index is 0.00000162. The molecule has 0 spiro atoms. The molecule has 1 atom stereocenters. The fourth-order valence-corrected chi connectivity index (χ4v) is 2.43. The van der Waals surface area contributed by atoms with Crippen molar-refractivity contribution < 1.29 is 54.7 Å². The molecule has 5 heteroatoms. The summed E-state index contributed by atoms with van der Waals surface area (Å²) in [4.78, 5) is 0. The third-order valence-electron chi connectivity index (χ3n) is 3.01. The van der Waals surface area contributed by atoms with E-state index in [1.54, 1.807) is 0 Å². The van der Waals surface area contributed by atoms with Gasteiger partial charge in [0.25, 0.3) is 0 Å². The van der Waals surface area contributed by atoms with Crippen LogP contribution in [0.5, 0.6) is 0 Å². The van der Waals surface area contributed by atoms with E-state index in [0.29, 0.717) is 6.61 Å². The van der Waals surface area contributed by atoms with Gasteiger partial charge in [0.05, 0.1) is 0 Å². The second kappa shape index (κ2) is 8.33. The van der Waals surface area contributed by atoms with Crippen molar-refractivity contribution in [2.75, 3.05) is 6.61 Å². The van der Waals surface area contributed by atoms with Crippen LogP contribution in [0.1, 0.15) is 26.7 Å². The van der Waals surface area contributed by atoms with Gasteiger partial charge in [0.1, 0.15) is 0 Å². The summed E-state index contributed by atoms with van der Waals surface area (Å²) in [6.07, 6.45) is 12.1. The summed E-state index contributed by atoms with van der Waals surface area (Å²) in [5.41, 5.74) is 1.13. The number of hydrogen-bond donors (Lipinski definition) is 0. The van der Waals surface area contributed by atoms with E-state index in [1.165, 1.54) is 3.88 Å². The van der Waals surface area contributed by atoms with Crippen molar-refractivity contribution in [1.82, 2.24) is 0 Å². The molecule has 0 radical (unpaired) electrons. The predicted molar refractivity (Wildman–Crippen MR) is 63.7 cm³/mol. The van der Waals surface area contributed by atoms with Gasteiger partial charge in [0.15, 0.2) is 0 Å². The van der Waals surface area contributed by atoms with Crippen molar-refractivity contribution in [1.29, 1.82) is 0 Å². The first-order valence-electron chi connectivity index (χ1n) is 5.96. The minimum absolute atomic E-state index is 0. The second-order valence-corrected chi connectivity index (χ2v) is 5.16. The number of rotatable bonds is 4. The Labute approximate surface area is 139 Å². The summed E-state index contributed by atoms with van der Waals surface area (Å²) >= 11 is 2.10. The first kappa shape index (κ1) is 19.0. The van der Waals surface area contributed by atoms with E-state index in [4.69, 9.17) is 9.47 Å². The molecule has 1 unspecified atom stereocenters. The average Bonchev–Trinajstić information content (AvgIpc) is 2.69. The molecule has 0 heterocycles. The first-order chi connectivity index (χ1) is 8.18. The summed E-state index contributed by atoms with van der Waals surface area (Å²) in [6, 6.07) is 0. The number of halogens is 2. The molecule has 0 aromatic rings. The summed E-state index contributed by atoms with van der Waals surface area (Å²) in [5.74, 6) is 0.357. The average molecular weight is 336 g/mol. The Morgan fingerprint density at radius 3 is 2.58 bits per heavy atom. The van der Waals surface area contributed by atoms with E-state index < -0.39 is 5.79 Å². The molecule has 0 aromatic heterocycles. The molecule has 103 valence electrons. The molecule has 2 nitrogen and oxygen atoms in total. The van der Waals surface area contributed by atoms with Gasteiger partial charge in [0, 0.05) is 0 Å². The van der Waals surface area contributed by atoms with Crippen molar-refractivity contribution in [2.24, 2.45) is 0 Å². The second-order valence-electron chi connectivity index (χ2n) is 4.22. The Hall–Kier alpha value is 0.0143. The van der Waals surface area contributed by atoms with Gasteiger partial charge in [-0.15, -0.1) is 0 Å². The Kier molecular flexibility index (Phi) is 8.34. The molecule has 0 bridgehead atoms. The van der Waals surface area contributed by atoms with Gasteiger partial charge in [-0.05, 0) is 0 Å². The molecule has 19 heavy (non-hydrogen) atoms. The van der Waals surface area contributed by atoms with Crippen molar-refractivity contribution in [2.45, 2.75) is 32.5 Å². The Morgan fingerprint density at radius 1 is 1.32 bits per heavy atom. The van der Waals surface area contributed by atoms with Crippen LogP contribution in [0.4, 0.5) is 0 Å². The van der Waals surface area contributed by atoms with Gasteiger partial charge in [0.2, 0.25) is 0 Å². The SMILES string of the molecule is CCOC1(OC2=[C]([Ti+2])CC=C2)CC=CC=C1C.[Cl-].[Cl-]. The van der Waals surface area contributed by atoms with Crippen LogP contribution in [-0.4, -0.2) is 12.4 Å². The molecule has 0 N–H and O–H groups in total. The van der Waals surface area contributed by atoms with Crippen molar-refractivity contribution in [3.63, 3.8) is 0 Å². The summed E-state index contributed by atoms with van der Waals surface area (Å²) in [7, 11) is 0. The minimum atomic E-state index is -0.602. The van der Waals surface area contributed by atoms with E-state index in [1.807, 2.05) is 13.0 Å². The zero-order chi connectivity index (χ0) is 12.3. The Bertz CT molecular complexity index is 427. The van der Waals surface area contributed by atoms with E-state index in [-0.39, 0.29) is 24.8 Å². The van der Waals surface area contributed by atoms with Crippen LogP contribution in [0.3, 0.4) is 0 Å². The van der Waals surface area contributed by atoms with Crippen LogP contribution in [0.15, 0.2) is 45.6 Å². The number of allylic oxidation sites excluding steroid dienone is 5. The predicted octanol–water partition coefficient (Wildman–Crippen LogP) is -2.63. The molecular formula is C14H17Cl2O2Ti. The molecule has 0 saturated carbocycles. The maximum Gasteiger partial charge on any atom is -1.00 e. The van der Waals surface area contributed by atoms with E-state index in [9.17, 15) is 0 Å². The van der Waals surface area contributed by atoms with Crippen LogP contribution >= 0.6 is 0 Å². The molecule has 2 aliphatic rings. The van der Waals surface area contributed by atoms with Crippen LogP contribution in [0.25, 0.3) is 0 Å². The van der Waals surface area contributed by atoms with Crippen molar-refractivity contribution in [3.05, 3.63) is 45.6 Å². The van der Waals surface area contributed by atoms with Crippen LogP contribution in [0.2, 0.25) is 0 Å². The van der Waals surface area contributed by atoms with Gasteiger partial charge in [-0.25, -0.2) is 0 Å². The first-order valence-corrected chi connectivity index (χ1v) is 6.74. The maximum absolute atomic E-state index is 6.16. The smallest absolute Gasteiger partial charge is 1.00 e. The molecule has 2 aliphatic carbocycles. The van der Waals surface area contributed by atoms with E-state index in [0.717, 1.165) is 24.2 Å². The fourth-order valence-electron chi connectivity index (χ4n) is 2.04. The third-order valence-corrected chi connectivity index (χ3v) is 3.71. The molecular weight excluding hydrogens is 319 g/mol. The van der Waals surface area contributed by atoms with Gasteiger partial charge < -0.3 is 24.8 Å². The largest absolute Gasteiger partial charge is 1.00 e. The molecule has 0 aliphatic heterocycles. The van der Waals surface area contributed by atoms with Crippen LogP contribution < -0.4 is 24.8 Å². The minimum Gasteiger partial charge on any atom is -1.00 e. The van der Waals surface area contributed by atoms with Gasteiger partial charge in [-0.1, -0.05) is 0 Å². The summed E-state index contributed by atoms with van der Waals surface area (Å²) in [6.45, 7) is 4.71.